The number of carboxylic acid groups (broad SMARTS) is 1. The van der Waals surface area contributed by atoms with E-state index in [-0.39, 0.29) is 12.2 Å². The van der Waals surface area contributed by atoms with Gasteiger partial charge in [-0.3, -0.25) is 0 Å². The number of hydrogen-bond donors (Lipinski definition) is 2. The first-order valence-corrected chi connectivity index (χ1v) is 7.49. The summed E-state index contributed by atoms with van der Waals surface area (Å²) in [5.74, 6) is -0.958. The molecule has 1 amide bonds. The molecule has 0 bridgehead atoms. The van der Waals surface area contributed by atoms with Gasteiger partial charge in [0.15, 0.2) is 0 Å². The summed E-state index contributed by atoms with van der Waals surface area (Å²) in [7, 11) is 0. The van der Waals surface area contributed by atoms with Crippen LogP contribution in [-0.4, -0.2) is 30.3 Å². The van der Waals surface area contributed by atoms with Gasteiger partial charge in [0.05, 0.1) is 18.8 Å². The monoisotopic (exact) mass is 329 g/mol. The van der Waals surface area contributed by atoms with Gasteiger partial charge in [0.25, 0.3) is 0 Å². The van der Waals surface area contributed by atoms with Gasteiger partial charge in [-0.15, -0.1) is 0 Å². The number of hydrogen-bond acceptors (Lipinski definition) is 4. The van der Waals surface area contributed by atoms with Gasteiger partial charge in [-0.25, -0.2) is 9.59 Å². The van der Waals surface area contributed by atoms with Crippen LogP contribution in [0.4, 0.5) is 4.79 Å². The molecule has 6 heteroatoms. The zero-order chi connectivity index (χ0) is 17.2. The largest absolute Gasteiger partial charge is 0.478 e. The van der Waals surface area contributed by atoms with Crippen molar-refractivity contribution in [2.75, 3.05) is 13.2 Å². The maximum atomic E-state index is 11.5. The van der Waals surface area contributed by atoms with Crippen LogP contribution in [0.3, 0.4) is 0 Å². The summed E-state index contributed by atoms with van der Waals surface area (Å²) < 4.78 is 10.5. The predicted molar refractivity (Wildman–Crippen MR) is 87.7 cm³/mol. The van der Waals surface area contributed by atoms with E-state index in [2.05, 4.69) is 5.32 Å². The Labute approximate surface area is 140 Å². The highest BCUT2D eigenvalue weighted by molar-refractivity contribution is 5.87. The van der Waals surface area contributed by atoms with Gasteiger partial charge in [0.2, 0.25) is 0 Å². The van der Waals surface area contributed by atoms with Crippen molar-refractivity contribution >= 4 is 12.1 Å². The van der Waals surface area contributed by atoms with Crippen LogP contribution in [-0.2, 0) is 22.7 Å². The lowest BCUT2D eigenvalue weighted by molar-refractivity contribution is 0.0696. The van der Waals surface area contributed by atoms with Crippen LogP contribution >= 0.6 is 0 Å². The van der Waals surface area contributed by atoms with Gasteiger partial charge >= 0.3 is 12.1 Å². The number of carbonyl (C=O) groups is 2. The zero-order valence-electron chi connectivity index (χ0n) is 13.1. The average molecular weight is 329 g/mol. The van der Waals surface area contributed by atoms with E-state index in [9.17, 15) is 9.59 Å². The third-order valence-electron chi connectivity index (χ3n) is 3.20. The number of carbonyl (C=O) groups excluding carboxylic acids is 1. The molecular weight excluding hydrogens is 310 g/mol. The summed E-state index contributed by atoms with van der Waals surface area (Å²) in [5.41, 5.74) is 2.03. The van der Waals surface area contributed by atoms with Gasteiger partial charge in [0, 0.05) is 6.54 Å². The fourth-order valence-corrected chi connectivity index (χ4v) is 1.93. The summed E-state index contributed by atoms with van der Waals surface area (Å²) in [6.07, 6.45) is -0.492. The molecule has 0 saturated carbocycles. The minimum Gasteiger partial charge on any atom is -0.478 e. The number of rotatable bonds is 8. The van der Waals surface area contributed by atoms with Crippen molar-refractivity contribution in [1.29, 1.82) is 0 Å². The number of ether oxygens (including phenoxy) is 2. The van der Waals surface area contributed by atoms with Crippen LogP contribution in [0.5, 0.6) is 0 Å². The minimum atomic E-state index is -0.958. The zero-order valence-corrected chi connectivity index (χ0v) is 13.1. The fourth-order valence-electron chi connectivity index (χ4n) is 1.93. The Morgan fingerprint density at radius 2 is 1.58 bits per heavy atom. The summed E-state index contributed by atoms with van der Waals surface area (Å²) in [6, 6.07) is 15.9. The first-order valence-electron chi connectivity index (χ1n) is 7.49. The highest BCUT2D eigenvalue weighted by atomic mass is 16.5. The van der Waals surface area contributed by atoms with Crippen LogP contribution in [0.2, 0.25) is 0 Å². The molecule has 0 fully saturated rings. The van der Waals surface area contributed by atoms with Crippen molar-refractivity contribution in [2.24, 2.45) is 0 Å². The Morgan fingerprint density at radius 3 is 2.25 bits per heavy atom. The lowest BCUT2D eigenvalue weighted by Gasteiger charge is -2.08. The fraction of sp³-hybridized carbons (Fsp3) is 0.222. The Kier molecular flexibility index (Phi) is 6.79. The van der Waals surface area contributed by atoms with Crippen molar-refractivity contribution in [3.05, 3.63) is 71.3 Å². The highest BCUT2D eigenvalue weighted by Gasteiger charge is 2.03. The number of carboxylic acids is 1. The molecule has 2 N–H and O–H groups in total. The molecule has 0 aliphatic rings. The van der Waals surface area contributed by atoms with E-state index in [1.165, 1.54) is 12.1 Å². The maximum absolute atomic E-state index is 11.5. The molecule has 0 aromatic heterocycles. The third kappa shape index (κ3) is 6.10. The van der Waals surface area contributed by atoms with E-state index < -0.39 is 12.1 Å². The molecule has 0 unspecified atom stereocenters. The van der Waals surface area contributed by atoms with Crippen molar-refractivity contribution in [3.8, 4) is 0 Å². The lowest BCUT2D eigenvalue weighted by Crippen LogP contribution is -2.27. The van der Waals surface area contributed by atoms with Gasteiger partial charge in [-0.2, -0.15) is 0 Å². The third-order valence-corrected chi connectivity index (χ3v) is 3.20. The number of aromatic carboxylic acids is 1. The van der Waals surface area contributed by atoms with E-state index in [1.54, 1.807) is 12.1 Å². The second-order valence-electron chi connectivity index (χ2n) is 5.04. The highest BCUT2D eigenvalue weighted by Crippen LogP contribution is 2.05. The normalized spacial score (nSPS) is 10.2. The van der Waals surface area contributed by atoms with Crippen LogP contribution < -0.4 is 5.32 Å². The number of benzene rings is 2. The van der Waals surface area contributed by atoms with Crippen LogP contribution in [0.15, 0.2) is 54.6 Å². The van der Waals surface area contributed by atoms with Crippen molar-refractivity contribution < 1.29 is 24.2 Å². The number of nitrogens with one attached hydrogen (secondary N) is 1. The van der Waals surface area contributed by atoms with Gasteiger partial charge in [-0.1, -0.05) is 42.5 Å². The molecule has 2 aromatic carbocycles. The van der Waals surface area contributed by atoms with Gasteiger partial charge in [-0.05, 0) is 23.3 Å². The molecular formula is C18H19NO5. The molecule has 0 aliphatic carbocycles. The quantitative estimate of drug-likeness (QED) is 0.728. The van der Waals surface area contributed by atoms with Gasteiger partial charge < -0.3 is 19.9 Å². The molecule has 24 heavy (non-hydrogen) atoms. The SMILES string of the molecule is O=C(NCCOCc1ccc(C(=O)O)cc1)OCc1ccccc1. The summed E-state index contributed by atoms with van der Waals surface area (Å²) in [5, 5.41) is 11.4. The Morgan fingerprint density at radius 1 is 0.917 bits per heavy atom. The number of amides is 1. The Hall–Kier alpha value is -2.86. The molecule has 0 saturated heterocycles. The molecule has 0 atom stereocenters. The lowest BCUT2D eigenvalue weighted by atomic mass is 10.1. The Bertz CT molecular complexity index is 655. The van der Waals surface area contributed by atoms with Crippen LogP contribution in [0.1, 0.15) is 21.5 Å². The summed E-state index contributed by atoms with van der Waals surface area (Å²) in [4.78, 5) is 22.2. The second-order valence-corrected chi connectivity index (χ2v) is 5.04. The van der Waals surface area contributed by atoms with Crippen LogP contribution in [0, 0.1) is 0 Å². The van der Waals surface area contributed by atoms with E-state index in [0.29, 0.717) is 19.8 Å². The molecule has 0 spiro atoms. The van der Waals surface area contributed by atoms with Gasteiger partial charge in [0.1, 0.15) is 6.61 Å². The maximum Gasteiger partial charge on any atom is 0.407 e. The average Bonchev–Trinajstić information content (AvgIpc) is 2.61. The molecule has 0 heterocycles. The smallest absolute Gasteiger partial charge is 0.407 e. The van der Waals surface area contributed by atoms with E-state index in [0.717, 1.165) is 11.1 Å². The number of alkyl carbamates (subject to hydrolysis) is 1. The van der Waals surface area contributed by atoms with Crippen molar-refractivity contribution in [3.63, 3.8) is 0 Å². The van der Waals surface area contributed by atoms with E-state index >= 15 is 0 Å². The molecule has 0 radical (unpaired) electrons. The summed E-state index contributed by atoms with van der Waals surface area (Å²) in [6.45, 7) is 1.24. The first kappa shape index (κ1) is 17.5. The molecule has 6 nitrogen and oxygen atoms in total. The molecule has 2 rings (SSSR count). The minimum absolute atomic E-state index is 0.226. The van der Waals surface area contributed by atoms with Crippen molar-refractivity contribution in [1.82, 2.24) is 5.32 Å². The predicted octanol–water partition coefficient (Wildman–Crippen LogP) is 2.83. The topological polar surface area (TPSA) is 84.9 Å². The van der Waals surface area contributed by atoms with E-state index in [1.807, 2.05) is 30.3 Å². The second kappa shape index (κ2) is 9.32. The Balaban J connectivity index is 1.57. The summed E-state index contributed by atoms with van der Waals surface area (Å²) >= 11 is 0. The molecule has 126 valence electrons. The molecule has 2 aromatic rings. The van der Waals surface area contributed by atoms with E-state index in [4.69, 9.17) is 14.6 Å². The standard InChI is InChI=1S/C18H19NO5/c20-17(21)16-8-6-15(7-9-16)12-23-11-10-19-18(22)24-13-14-4-2-1-3-5-14/h1-9H,10-13H2,(H,19,22)(H,20,21). The van der Waals surface area contributed by atoms with Crippen molar-refractivity contribution in [2.45, 2.75) is 13.2 Å². The van der Waals surface area contributed by atoms with Crippen LogP contribution in [0.25, 0.3) is 0 Å². The first-order chi connectivity index (χ1) is 11.6. The molecule has 0 aliphatic heterocycles.